The summed E-state index contributed by atoms with van der Waals surface area (Å²) in [5, 5.41) is 8.36. The summed E-state index contributed by atoms with van der Waals surface area (Å²) in [4.78, 5) is 0. The minimum atomic E-state index is -0.116. The zero-order valence-electron chi connectivity index (χ0n) is 3.73. The Morgan fingerprint density at radius 1 is 1.43 bits per heavy atom. The molecule has 0 aromatic rings. The highest BCUT2D eigenvalue weighted by molar-refractivity contribution is 4.34. The van der Waals surface area contributed by atoms with Crippen molar-refractivity contribution in [1.82, 2.24) is 0 Å². The number of hydrogen-bond acceptors (Lipinski definition) is 1. The summed E-state index contributed by atoms with van der Waals surface area (Å²) >= 11 is 0. The topological polar surface area (TPSA) is 20.2 Å². The van der Waals surface area contributed by atoms with Gasteiger partial charge in [0.1, 0.15) is 0 Å². The van der Waals surface area contributed by atoms with Crippen LogP contribution in [0, 0.1) is 0 Å². The first kappa shape index (κ1) is 15.8. The van der Waals surface area contributed by atoms with E-state index in [4.69, 9.17) is 5.11 Å². The smallest absolute Gasteiger partial charge is 0.0509 e. The summed E-state index contributed by atoms with van der Waals surface area (Å²) < 4.78 is 0. The molecule has 0 radical (unpaired) electrons. The number of rotatable bonds is 1. The molecule has 0 amide bonds. The molecule has 0 rings (SSSR count). The Balaban J connectivity index is -0.0000000800. The molecule has 7 heavy (non-hydrogen) atoms. The second-order valence-corrected chi connectivity index (χ2v) is 1.26. The van der Waals surface area contributed by atoms with E-state index in [2.05, 4.69) is 0 Å². The van der Waals surface area contributed by atoms with E-state index in [-0.39, 0.29) is 21.0 Å². The first-order valence-corrected chi connectivity index (χ1v) is 1.95. The molecule has 1 unspecified atom stereocenters. The van der Waals surface area contributed by atoms with E-state index >= 15 is 0 Å². The molecular weight excluding hydrogens is 88.1 g/mol. The van der Waals surface area contributed by atoms with Crippen molar-refractivity contribution in [3.05, 3.63) is 0 Å². The zero-order valence-corrected chi connectivity index (χ0v) is 3.73. The fraction of sp³-hybridized carbons (Fsp3) is 1.00. The van der Waals surface area contributed by atoms with Gasteiger partial charge in [0, 0.05) is 0 Å². The van der Waals surface area contributed by atoms with Crippen LogP contribution in [0.1, 0.15) is 35.1 Å². The molecule has 0 aliphatic rings. The van der Waals surface area contributed by atoms with Gasteiger partial charge in [0.05, 0.1) is 6.10 Å². The first-order chi connectivity index (χ1) is 2.27. The molecule has 1 atom stereocenters. The third-order valence-electron chi connectivity index (χ3n) is 0.591. The third-order valence-corrected chi connectivity index (χ3v) is 0.591. The monoisotopic (exact) mass is 106 g/mol. The highest BCUT2D eigenvalue weighted by atomic mass is 16.3. The summed E-state index contributed by atoms with van der Waals surface area (Å²) in [6.07, 6.45) is 0.745. The molecule has 0 aliphatic heterocycles. The average molecular weight is 106 g/mol. The molecule has 0 saturated carbocycles. The molecule has 0 aromatic heterocycles. The van der Waals surface area contributed by atoms with Crippen LogP contribution in [0.3, 0.4) is 0 Å². The van der Waals surface area contributed by atoms with Crippen LogP contribution in [0.5, 0.6) is 0 Å². The molecule has 0 spiro atoms. The van der Waals surface area contributed by atoms with Crippen molar-refractivity contribution in [1.29, 1.82) is 0 Å². The predicted octanol–water partition coefficient (Wildman–Crippen LogP) is 2.05. The second-order valence-electron chi connectivity index (χ2n) is 1.26. The van der Waals surface area contributed by atoms with Crippen molar-refractivity contribution in [3.8, 4) is 0 Å². The molecule has 0 fully saturated rings. The Kier molecular flexibility index (Phi) is 21.1. The minimum Gasteiger partial charge on any atom is -0.393 e. The van der Waals surface area contributed by atoms with Crippen LogP contribution >= 0.6 is 0 Å². The van der Waals surface area contributed by atoms with Crippen molar-refractivity contribution in [2.45, 2.75) is 41.2 Å². The second kappa shape index (κ2) is 9.35. The summed E-state index contributed by atoms with van der Waals surface area (Å²) in [5.74, 6) is 0. The van der Waals surface area contributed by atoms with E-state index in [1.54, 1.807) is 6.92 Å². The van der Waals surface area contributed by atoms with Gasteiger partial charge in [-0.2, -0.15) is 0 Å². The summed E-state index contributed by atoms with van der Waals surface area (Å²) in [6, 6.07) is 0. The standard InChI is InChI=1S/C4H10O.2CH4/c1-3-4(2)5;;/h4-5H,3H2,1-2H3;2*1H4. The van der Waals surface area contributed by atoms with E-state index in [0.29, 0.717) is 0 Å². The maximum atomic E-state index is 8.36. The Bertz CT molecular complexity index is 18.1. The van der Waals surface area contributed by atoms with Crippen LogP contribution in [0.15, 0.2) is 0 Å². The van der Waals surface area contributed by atoms with Gasteiger partial charge >= 0.3 is 0 Å². The average Bonchev–Trinajstić information content (AvgIpc) is 1.38. The lowest BCUT2D eigenvalue weighted by Gasteiger charge is -1.90. The number of hydrogen-bond donors (Lipinski definition) is 1. The van der Waals surface area contributed by atoms with E-state index in [9.17, 15) is 0 Å². The fourth-order valence-electron chi connectivity index (χ4n) is 0. The molecule has 0 heterocycles. The molecule has 1 N–H and O–H groups in total. The molecule has 0 bridgehead atoms. The maximum absolute atomic E-state index is 8.36. The van der Waals surface area contributed by atoms with Crippen LogP contribution < -0.4 is 0 Å². The first-order valence-electron chi connectivity index (χ1n) is 1.95. The van der Waals surface area contributed by atoms with Gasteiger partial charge in [-0.1, -0.05) is 21.8 Å². The predicted molar refractivity (Wildman–Crippen MR) is 35.4 cm³/mol. The lowest BCUT2D eigenvalue weighted by Crippen LogP contribution is -1.93. The van der Waals surface area contributed by atoms with Gasteiger partial charge in [0.25, 0.3) is 0 Å². The fourth-order valence-corrected chi connectivity index (χ4v) is 0. The third kappa shape index (κ3) is 24.3. The van der Waals surface area contributed by atoms with Crippen LogP contribution in [0.25, 0.3) is 0 Å². The maximum Gasteiger partial charge on any atom is 0.0509 e. The molecule has 0 aliphatic carbocycles. The van der Waals surface area contributed by atoms with Gasteiger partial charge < -0.3 is 5.11 Å². The lowest BCUT2D eigenvalue weighted by molar-refractivity contribution is 0.191. The Morgan fingerprint density at radius 3 is 1.57 bits per heavy atom. The quantitative estimate of drug-likeness (QED) is 0.542. The minimum absolute atomic E-state index is 0. The summed E-state index contributed by atoms with van der Waals surface area (Å²) in [5.41, 5.74) is 0. The van der Waals surface area contributed by atoms with Crippen molar-refractivity contribution in [3.63, 3.8) is 0 Å². The molecule has 48 valence electrons. The normalized spacial score (nSPS) is 10.7. The van der Waals surface area contributed by atoms with Crippen LogP contribution in [-0.2, 0) is 0 Å². The highest BCUT2D eigenvalue weighted by Crippen LogP contribution is 1.81. The molecule has 1 nitrogen and oxygen atoms in total. The van der Waals surface area contributed by atoms with Gasteiger partial charge in [0.15, 0.2) is 0 Å². The molecule has 1 heteroatoms. The van der Waals surface area contributed by atoms with Crippen LogP contribution in [0.2, 0.25) is 0 Å². The molecular formula is C6H18O. The van der Waals surface area contributed by atoms with Crippen molar-refractivity contribution >= 4 is 0 Å². The van der Waals surface area contributed by atoms with Crippen molar-refractivity contribution in [2.75, 3.05) is 0 Å². The summed E-state index contributed by atoms with van der Waals surface area (Å²) in [6.45, 7) is 3.73. The highest BCUT2D eigenvalue weighted by Gasteiger charge is 1.81. The van der Waals surface area contributed by atoms with Gasteiger partial charge in [-0.15, -0.1) is 0 Å². The van der Waals surface area contributed by atoms with Gasteiger partial charge in [-0.05, 0) is 13.3 Å². The van der Waals surface area contributed by atoms with E-state index in [1.165, 1.54) is 0 Å². The number of aliphatic hydroxyl groups is 1. The lowest BCUT2D eigenvalue weighted by atomic mass is 10.3. The van der Waals surface area contributed by atoms with Crippen molar-refractivity contribution in [2.24, 2.45) is 0 Å². The van der Waals surface area contributed by atoms with E-state index in [0.717, 1.165) is 6.42 Å². The Labute approximate surface area is 47.4 Å². The van der Waals surface area contributed by atoms with Crippen LogP contribution in [0.4, 0.5) is 0 Å². The molecule has 0 saturated heterocycles. The van der Waals surface area contributed by atoms with Crippen LogP contribution in [-0.4, -0.2) is 11.2 Å². The van der Waals surface area contributed by atoms with Gasteiger partial charge in [-0.25, -0.2) is 0 Å². The Morgan fingerprint density at radius 2 is 1.57 bits per heavy atom. The Hall–Kier alpha value is -0.0400. The van der Waals surface area contributed by atoms with E-state index in [1.807, 2.05) is 6.92 Å². The van der Waals surface area contributed by atoms with Gasteiger partial charge in [-0.3, -0.25) is 0 Å². The largest absolute Gasteiger partial charge is 0.393 e. The SMILES string of the molecule is C.C.CCC(C)O. The zero-order chi connectivity index (χ0) is 4.28. The van der Waals surface area contributed by atoms with Crippen molar-refractivity contribution < 1.29 is 5.11 Å². The number of aliphatic hydroxyl groups excluding tert-OH is 1. The molecule has 0 aromatic carbocycles. The summed E-state index contributed by atoms with van der Waals surface area (Å²) in [7, 11) is 0. The van der Waals surface area contributed by atoms with Gasteiger partial charge in [0.2, 0.25) is 0 Å². The van der Waals surface area contributed by atoms with E-state index < -0.39 is 0 Å².